The number of nitrogens with zero attached hydrogens (tertiary/aromatic N) is 2. The van der Waals surface area contributed by atoms with E-state index in [0.717, 1.165) is 23.4 Å². The molecule has 2 aliphatic rings. The number of aliphatic imine (C=N–C) groups is 1. The number of hydrogen-bond acceptors (Lipinski definition) is 4. The molecule has 1 aromatic heterocycles. The zero-order valence-corrected chi connectivity index (χ0v) is 15.3. The van der Waals surface area contributed by atoms with E-state index in [1.807, 2.05) is 25.2 Å². The number of aromatic amines is 1. The van der Waals surface area contributed by atoms with Crippen LogP contribution >= 0.6 is 0 Å². The molecule has 132 valence electrons. The summed E-state index contributed by atoms with van der Waals surface area (Å²) < 4.78 is 5.49. The molecule has 1 aliphatic heterocycles. The molecule has 0 radical (unpaired) electrons. The second kappa shape index (κ2) is 6.47. The number of methoxy groups -OCH3 is 1. The molecule has 5 heteroatoms. The number of Topliss-reactive ketones (excluding diaryl/α,β-unsaturated/α-hetero) is 1. The molecule has 0 aromatic carbocycles. The lowest BCUT2D eigenvalue weighted by molar-refractivity contribution is -0.124. The summed E-state index contributed by atoms with van der Waals surface area (Å²) in [5.41, 5.74) is 2.81. The summed E-state index contributed by atoms with van der Waals surface area (Å²) in [5, 5.41) is 7.35. The first-order valence-corrected chi connectivity index (χ1v) is 8.56. The van der Waals surface area contributed by atoms with Gasteiger partial charge in [0.15, 0.2) is 5.82 Å². The van der Waals surface area contributed by atoms with Gasteiger partial charge in [0.05, 0.1) is 13.0 Å². The van der Waals surface area contributed by atoms with E-state index < -0.39 is 0 Å². The number of nitrogens with one attached hydrogen (secondary N) is 1. The number of allylic oxidation sites excluding steroid dienone is 4. The third kappa shape index (κ3) is 3.23. The Balaban J connectivity index is 2.12. The van der Waals surface area contributed by atoms with Crippen LogP contribution in [0.2, 0.25) is 0 Å². The maximum absolute atomic E-state index is 13.0. The van der Waals surface area contributed by atoms with Crippen LogP contribution in [-0.4, -0.2) is 28.8 Å². The number of aromatic nitrogens is 2. The fourth-order valence-electron chi connectivity index (χ4n) is 3.87. The lowest BCUT2D eigenvalue weighted by Gasteiger charge is -2.39. The van der Waals surface area contributed by atoms with E-state index in [1.54, 1.807) is 13.2 Å². The van der Waals surface area contributed by atoms with Crippen LogP contribution in [0.5, 0.6) is 0 Å². The Kier molecular flexibility index (Phi) is 4.50. The minimum Gasteiger partial charge on any atom is -0.497 e. The highest BCUT2D eigenvalue weighted by Crippen LogP contribution is 2.47. The topological polar surface area (TPSA) is 67.3 Å². The quantitative estimate of drug-likeness (QED) is 0.661. The average molecular weight is 339 g/mol. The summed E-state index contributed by atoms with van der Waals surface area (Å²) >= 11 is 0. The Morgan fingerprint density at radius 3 is 2.84 bits per heavy atom. The van der Waals surface area contributed by atoms with E-state index in [4.69, 9.17) is 9.73 Å². The van der Waals surface area contributed by atoms with Crippen molar-refractivity contribution < 1.29 is 9.53 Å². The number of ether oxygens (including phenoxy) is 1. The first-order chi connectivity index (χ1) is 11.9. The molecule has 1 aliphatic carbocycles. The molecule has 5 nitrogen and oxygen atoms in total. The van der Waals surface area contributed by atoms with Crippen molar-refractivity contribution in [1.29, 1.82) is 0 Å². The highest BCUT2D eigenvalue weighted by molar-refractivity contribution is 6.10. The summed E-state index contributed by atoms with van der Waals surface area (Å²) in [4.78, 5) is 17.7. The molecule has 0 bridgehead atoms. The molecule has 3 rings (SSSR count). The molecule has 0 spiro atoms. The van der Waals surface area contributed by atoms with Crippen LogP contribution < -0.4 is 0 Å². The number of carbonyl (C=O) groups excluding carboxylic acids is 1. The fraction of sp³-hybridized carbons (Fsp3) is 0.450. The van der Waals surface area contributed by atoms with Gasteiger partial charge in [-0.2, -0.15) is 5.10 Å². The van der Waals surface area contributed by atoms with Crippen LogP contribution in [-0.2, 0) is 9.53 Å². The maximum atomic E-state index is 13.0. The molecular weight excluding hydrogens is 314 g/mol. The molecule has 1 aromatic rings. The molecule has 1 fully saturated rings. The molecule has 2 atom stereocenters. The Morgan fingerprint density at radius 1 is 1.40 bits per heavy atom. The Bertz CT molecular complexity index is 796. The molecule has 1 saturated carbocycles. The van der Waals surface area contributed by atoms with E-state index in [-0.39, 0.29) is 23.0 Å². The van der Waals surface area contributed by atoms with Gasteiger partial charge in [0.1, 0.15) is 11.5 Å². The van der Waals surface area contributed by atoms with Crippen molar-refractivity contribution >= 4 is 17.3 Å². The first-order valence-electron chi connectivity index (χ1n) is 8.56. The van der Waals surface area contributed by atoms with Gasteiger partial charge in [-0.15, -0.1) is 0 Å². The van der Waals surface area contributed by atoms with Crippen molar-refractivity contribution in [3.05, 3.63) is 47.9 Å². The summed E-state index contributed by atoms with van der Waals surface area (Å²) in [5.74, 6) is 1.29. The molecule has 2 unspecified atom stereocenters. The maximum Gasteiger partial charge on any atom is 0.177 e. The molecular formula is C20H25N3O2. The van der Waals surface area contributed by atoms with Crippen molar-refractivity contribution in [3.63, 3.8) is 0 Å². The Hall–Kier alpha value is -2.43. The van der Waals surface area contributed by atoms with Gasteiger partial charge < -0.3 is 4.74 Å². The third-order valence-corrected chi connectivity index (χ3v) is 4.91. The Morgan fingerprint density at radius 2 is 2.16 bits per heavy atom. The Labute approximate surface area is 148 Å². The van der Waals surface area contributed by atoms with Crippen molar-refractivity contribution in [3.8, 4) is 0 Å². The van der Waals surface area contributed by atoms with Crippen molar-refractivity contribution in [2.45, 2.75) is 39.5 Å². The van der Waals surface area contributed by atoms with Crippen LogP contribution in [0.4, 0.5) is 5.82 Å². The fourth-order valence-corrected chi connectivity index (χ4v) is 3.87. The van der Waals surface area contributed by atoms with Crippen molar-refractivity contribution in [2.24, 2.45) is 16.3 Å². The zero-order chi connectivity index (χ0) is 18.2. The number of carbonyl (C=O) groups is 1. The van der Waals surface area contributed by atoms with Gasteiger partial charge in [0, 0.05) is 29.3 Å². The van der Waals surface area contributed by atoms with Gasteiger partial charge in [0.25, 0.3) is 0 Å². The normalized spacial score (nSPS) is 25.4. The highest BCUT2D eigenvalue weighted by atomic mass is 16.5. The molecule has 2 heterocycles. The van der Waals surface area contributed by atoms with E-state index in [1.165, 1.54) is 0 Å². The smallest absolute Gasteiger partial charge is 0.177 e. The third-order valence-electron chi connectivity index (χ3n) is 4.91. The largest absolute Gasteiger partial charge is 0.497 e. The minimum absolute atomic E-state index is 0.0592. The highest BCUT2D eigenvalue weighted by Gasteiger charge is 2.45. The summed E-state index contributed by atoms with van der Waals surface area (Å²) in [6.07, 6.45) is 8.76. The lowest BCUT2D eigenvalue weighted by Crippen LogP contribution is -2.41. The van der Waals surface area contributed by atoms with E-state index in [2.05, 4.69) is 30.6 Å². The van der Waals surface area contributed by atoms with E-state index in [9.17, 15) is 4.79 Å². The van der Waals surface area contributed by atoms with Gasteiger partial charge in [-0.3, -0.25) is 9.89 Å². The minimum atomic E-state index is -0.237. The molecule has 0 saturated heterocycles. The van der Waals surface area contributed by atoms with Crippen LogP contribution in [0.1, 0.15) is 43.9 Å². The lowest BCUT2D eigenvalue weighted by atomic mass is 9.65. The predicted octanol–water partition coefficient (Wildman–Crippen LogP) is 4.17. The second-order valence-electron chi connectivity index (χ2n) is 7.54. The number of hydrogen-bond donors (Lipinski definition) is 1. The van der Waals surface area contributed by atoms with Gasteiger partial charge in [-0.05, 0) is 30.9 Å². The number of ketones is 1. The summed E-state index contributed by atoms with van der Waals surface area (Å²) in [7, 11) is 1.63. The van der Waals surface area contributed by atoms with Gasteiger partial charge in [-0.25, -0.2) is 4.99 Å². The van der Waals surface area contributed by atoms with Crippen LogP contribution in [0.25, 0.3) is 0 Å². The standard InChI is InChI=1S/C20H25N3O2/c1-6-7-8-13(25-5)9-14-17-12(2)22-23-19(17)21-15-10-20(3,4)11-16(24)18(14)15/h6-9,14,18H,1,10-11H2,2-5H3,(H,22,23). The van der Waals surface area contributed by atoms with E-state index >= 15 is 0 Å². The molecule has 25 heavy (non-hydrogen) atoms. The summed E-state index contributed by atoms with van der Waals surface area (Å²) in [6.45, 7) is 9.90. The predicted molar refractivity (Wildman–Crippen MR) is 99.1 cm³/mol. The molecule has 1 N–H and O–H groups in total. The number of H-pyrrole nitrogens is 1. The first kappa shape index (κ1) is 17.4. The van der Waals surface area contributed by atoms with Gasteiger partial charge >= 0.3 is 0 Å². The van der Waals surface area contributed by atoms with Crippen LogP contribution in [0.15, 0.2) is 41.6 Å². The zero-order valence-electron chi connectivity index (χ0n) is 15.3. The van der Waals surface area contributed by atoms with Crippen molar-refractivity contribution in [2.75, 3.05) is 7.11 Å². The van der Waals surface area contributed by atoms with E-state index in [0.29, 0.717) is 18.0 Å². The van der Waals surface area contributed by atoms with Gasteiger partial charge in [-0.1, -0.05) is 32.6 Å². The van der Waals surface area contributed by atoms with Crippen molar-refractivity contribution in [1.82, 2.24) is 10.2 Å². The molecule has 0 amide bonds. The second-order valence-corrected chi connectivity index (χ2v) is 7.54. The number of aryl methyl sites for hydroxylation is 1. The average Bonchev–Trinajstić information content (AvgIpc) is 2.90. The van der Waals surface area contributed by atoms with Gasteiger partial charge in [0.2, 0.25) is 0 Å². The van der Waals surface area contributed by atoms with Crippen LogP contribution in [0.3, 0.4) is 0 Å². The SMILES string of the molecule is C=CC=CC(=CC1c2c(n[nH]c2C)N=C2CC(C)(C)CC(=O)C21)OC. The number of fused-ring (bicyclic) bond motifs is 2. The van der Waals surface area contributed by atoms with Crippen LogP contribution in [0, 0.1) is 18.3 Å². The number of rotatable bonds is 4. The summed E-state index contributed by atoms with van der Waals surface area (Å²) in [6, 6.07) is 0. The monoisotopic (exact) mass is 339 g/mol.